The minimum absolute atomic E-state index is 0.0314. The Bertz CT molecular complexity index is 939. The molecule has 2 aromatic rings. The van der Waals surface area contributed by atoms with Gasteiger partial charge in [-0.15, -0.1) is 0 Å². The van der Waals surface area contributed by atoms with Crippen molar-refractivity contribution in [2.24, 2.45) is 5.92 Å². The molecule has 0 aliphatic heterocycles. The number of nitrogens with zero attached hydrogens (tertiary/aromatic N) is 1. The first-order valence-corrected chi connectivity index (χ1v) is 9.77. The summed E-state index contributed by atoms with van der Waals surface area (Å²) in [4.78, 5) is 24.6. The van der Waals surface area contributed by atoms with Crippen LogP contribution in [0.25, 0.3) is 0 Å². The molecule has 1 amide bonds. The second kappa shape index (κ2) is 8.22. The summed E-state index contributed by atoms with van der Waals surface area (Å²) >= 11 is 0. The standard InChI is InChI=1S/C19H22N2O5S/c1-13-6-4-5-7-17(13)20-27(25,26)16-10-8-15(9-11-16)18(22)21(3)12-14(2)19(23)24/h4-11,14,20H,12H2,1-3H3,(H,23,24). The molecule has 0 radical (unpaired) electrons. The van der Waals surface area contributed by atoms with Gasteiger partial charge < -0.3 is 10.0 Å². The summed E-state index contributed by atoms with van der Waals surface area (Å²) in [6, 6.07) is 12.5. The lowest BCUT2D eigenvalue weighted by Crippen LogP contribution is -2.33. The molecule has 2 aromatic carbocycles. The topological polar surface area (TPSA) is 104 Å². The molecule has 0 saturated heterocycles. The fraction of sp³-hybridized carbons (Fsp3) is 0.263. The van der Waals surface area contributed by atoms with Crippen molar-refractivity contribution in [1.29, 1.82) is 0 Å². The van der Waals surface area contributed by atoms with Gasteiger partial charge in [0.1, 0.15) is 0 Å². The first-order valence-electron chi connectivity index (χ1n) is 8.28. The zero-order valence-corrected chi connectivity index (χ0v) is 16.2. The maximum atomic E-state index is 12.5. The average molecular weight is 390 g/mol. The quantitative estimate of drug-likeness (QED) is 0.756. The monoisotopic (exact) mass is 390 g/mol. The van der Waals surface area contributed by atoms with E-state index < -0.39 is 21.9 Å². The van der Waals surface area contributed by atoms with Crippen molar-refractivity contribution in [2.75, 3.05) is 18.3 Å². The summed E-state index contributed by atoms with van der Waals surface area (Å²) < 4.78 is 27.6. The molecule has 7 nitrogen and oxygen atoms in total. The Labute approximate surface area is 158 Å². The van der Waals surface area contributed by atoms with Gasteiger partial charge in [-0.05, 0) is 42.8 Å². The number of para-hydroxylation sites is 1. The fourth-order valence-corrected chi connectivity index (χ4v) is 3.59. The lowest BCUT2D eigenvalue weighted by Gasteiger charge is -2.19. The minimum atomic E-state index is -3.78. The van der Waals surface area contributed by atoms with Crippen LogP contribution in [-0.2, 0) is 14.8 Å². The molecular formula is C19H22N2O5S. The molecule has 1 atom stereocenters. The second-order valence-corrected chi connectivity index (χ2v) is 8.05. The van der Waals surface area contributed by atoms with Gasteiger partial charge in [-0.3, -0.25) is 14.3 Å². The molecule has 2 N–H and O–H groups in total. The summed E-state index contributed by atoms with van der Waals surface area (Å²) in [7, 11) is -2.28. The van der Waals surface area contributed by atoms with Crippen LogP contribution in [0.5, 0.6) is 0 Å². The van der Waals surface area contributed by atoms with E-state index in [2.05, 4.69) is 4.72 Å². The zero-order valence-electron chi connectivity index (χ0n) is 15.3. The Balaban J connectivity index is 2.15. The van der Waals surface area contributed by atoms with Gasteiger partial charge in [-0.2, -0.15) is 0 Å². The number of carboxylic acid groups (broad SMARTS) is 1. The van der Waals surface area contributed by atoms with Gasteiger partial charge in [0.15, 0.2) is 0 Å². The number of hydrogen-bond donors (Lipinski definition) is 2. The van der Waals surface area contributed by atoms with Gasteiger partial charge in [0.2, 0.25) is 0 Å². The average Bonchev–Trinajstić information content (AvgIpc) is 2.62. The number of carbonyl (C=O) groups is 2. The van der Waals surface area contributed by atoms with Crippen LogP contribution in [0.1, 0.15) is 22.8 Å². The highest BCUT2D eigenvalue weighted by atomic mass is 32.2. The van der Waals surface area contributed by atoms with Crippen molar-refractivity contribution >= 4 is 27.6 Å². The van der Waals surface area contributed by atoms with Gasteiger partial charge in [0, 0.05) is 19.2 Å². The third kappa shape index (κ3) is 5.07. The normalized spacial score (nSPS) is 12.3. The first kappa shape index (κ1) is 20.4. The molecule has 0 bridgehead atoms. The Hall–Kier alpha value is -2.87. The highest BCUT2D eigenvalue weighted by Crippen LogP contribution is 2.20. The number of rotatable bonds is 7. The number of amides is 1. The second-order valence-electron chi connectivity index (χ2n) is 6.37. The fourth-order valence-electron chi connectivity index (χ4n) is 2.46. The van der Waals surface area contributed by atoms with E-state index in [0.717, 1.165) is 5.56 Å². The molecule has 1 unspecified atom stereocenters. The van der Waals surface area contributed by atoms with E-state index >= 15 is 0 Å². The number of carboxylic acids is 1. The van der Waals surface area contributed by atoms with E-state index in [1.165, 1.54) is 43.1 Å². The Morgan fingerprint density at radius 3 is 2.26 bits per heavy atom. The molecule has 0 spiro atoms. The van der Waals surface area contributed by atoms with Gasteiger partial charge in [0.25, 0.3) is 15.9 Å². The molecule has 0 saturated carbocycles. The van der Waals surface area contributed by atoms with Gasteiger partial charge >= 0.3 is 5.97 Å². The number of nitrogens with one attached hydrogen (secondary N) is 1. The number of aryl methyl sites for hydroxylation is 1. The van der Waals surface area contributed by atoms with E-state index in [-0.39, 0.29) is 22.9 Å². The highest BCUT2D eigenvalue weighted by molar-refractivity contribution is 7.92. The lowest BCUT2D eigenvalue weighted by atomic mass is 10.1. The maximum absolute atomic E-state index is 12.5. The lowest BCUT2D eigenvalue weighted by molar-refractivity contribution is -0.141. The summed E-state index contributed by atoms with van der Waals surface area (Å²) in [5.74, 6) is -2.06. The first-order chi connectivity index (χ1) is 12.6. The van der Waals surface area contributed by atoms with Crippen molar-refractivity contribution in [2.45, 2.75) is 18.7 Å². The minimum Gasteiger partial charge on any atom is -0.481 e. The Morgan fingerprint density at radius 2 is 1.70 bits per heavy atom. The molecular weight excluding hydrogens is 368 g/mol. The number of anilines is 1. The highest BCUT2D eigenvalue weighted by Gasteiger charge is 2.20. The van der Waals surface area contributed by atoms with Crippen LogP contribution in [0.15, 0.2) is 53.4 Å². The number of hydrogen-bond acceptors (Lipinski definition) is 4. The van der Waals surface area contributed by atoms with Crippen LogP contribution in [0.2, 0.25) is 0 Å². The van der Waals surface area contributed by atoms with Crippen LogP contribution in [0.3, 0.4) is 0 Å². The molecule has 0 aliphatic carbocycles. The van der Waals surface area contributed by atoms with E-state index in [1.54, 1.807) is 25.1 Å². The predicted octanol–water partition coefficient (Wildman–Crippen LogP) is 2.59. The molecule has 2 rings (SSSR count). The molecule has 0 fully saturated rings. The smallest absolute Gasteiger partial charge is 0.308 e. The Kier molecular flexibility index (Phi) is 6.22. The maximum Gasteiger partial charge on any atom is 0.308 e. The van der Waals surface area contributed by atoms with E-state index in [4.69, 9.17) is 5.11 Å². The van der Waals surface area contributed by atoms with Gasteiger partial charge in [-0.1, -0.05) is 25.1 Å². The zero-order chi connectivity index (χ0) is 20.2. The molecule has 0 aliphatic rings. The van der Waals surface area contributed by atoms with Crippen LogP contribution in [0, 0.1) is 12.8 Å². The van der Waals surface area contributed by atoms with E-state index in [0.29, 0.717) is 5.69 Å². The summed E-state index contributed by atoms with van der Waals surface area (Å²) in [6.07, 6.45) is 0. The summed E-state index contributed by atoms with van der Waals surface area (Å²) in [5, 5.41) is 8.94. The number of benzene rings is 2. The number of carbonyl (C=O) groups excluding carboxylic acids is 1. The van der Waals surface area contributed by atoms with Crippen LogP contribution in [-0.4, -0.2) is 43.9 Å². The molecule has 0 aromatic heterocycles. The third-order valence-corrected chi connectivity index (χ3v) is 5.50. The van der Waals surface area contributed by atoms with Crippen LogP contribution < -0.4 is 4.72 Å². The van der Waals surface area contributed by atoms with Crippen molar-refractivity contribution in [3.8, 4) is 0 Å². The molecule has 0 heterocycles. The number of aliphatic carboxylic acids is 1. The van der Waals surface area contributed by atoms with E-state index in [9.17, 15) is 18.0 Å². The van der Waals surface area contributed by atoms with Crippen molar-refractivity contribution < 1.29 is 23.1 Å². The van der Waals surface area contributed by atoms with Crippen LogP contribution in [0.4, 0.5) is 5.69 Å². The predicted molar refractivity (Wildman–Crippen MR) is 102 cm³/mol. The van der Waals surface area contributed by atoms with Gasteiger partial charge in [-0.25, -0.2) is 8.42 Å². The summed E-state index contributed by atoms with van der Waals surface area (Å²) in [6.45, 7) is 3.37. The van der Waals surface area contributed by atoms with Crippen molar-refractivity contribution in [3.05, 3.63) is 59.7 Å². The van der Waals surface area contributed by atoms with Crippen molar-refractivity contribution in [3.63, 3.8) is 0 Å². The number of sulfonamides is 1. The molecule has 27 heavy (non-hydrogen) atoms. The molecule has 8 heteroatoms. The van der Waals surface area contributed by atoms with Gasteiger partial charge in [0.05, 0.1) is 16.5 Å². The third-order valence-electron chi connectivity index (χ3n) is 4.12. The van der Waals surface area contributed by atoms with E-state index in [1.807, 2.05) is 6.07 Å². The van der Waals surface area contributed by atoms with Crippen molar-refractivity contribution in [1.82, 2.24) is 4.90 Å². The molecule has 144 valence electrons. The Morgan fingerprint density at radius 1 is 1.11 bits per heavy atom. The SMILES string of the molecule is Cc1ccccc1NS(=O)(=O)c1ccc(C(=O)N(C)CC(C)C(=O)O)cc1. The summed E-state index contributed by atoms with van der Waals surface area (Å²) in [5.41, 5.74) is 1.56. The van der Waals surface area contributed by atoms with Crippen LogP contribution >= 0.6 is 0 Å². The largest absolute Gasteiger partial charge is 0.481 e.